The molecule has 0 aromatic heterocycles. The van der Waals surface area contributed by atoms with Crippen molar-refractivity contribution >= 4 is 45.4 Å². The van der Waals surface area contributed by atoms with Crippen molar-refractivity contribution < 1.29 is 14.3 Å². The van der Waals surface area contributed by atoms with Crippen LogP contribution in [0.25, 0.3) is 16.8 Å². The number of benzene rings is 3. The first-order chi connectivity index (χ1) is 15.2. The quantitative estimate of drug-likeness (QED) is 0.463. The molecule has 4 rings (SSSR count). The molecule has 0 spiro atoms. The normalized spacial score (nSPS) is 16.6. The molecule has 158 valence electrons. The summed E-state index contributed by atoms with van der Waals surface area (Å²) in [6.07, 6.45) is 1.92. The van der Waals surface area contributed by atoms with E-state index in [9.17, 15) is 4.79 Å². The Bertz CT molecular complexity index is 1140. The molecule has 0 unspecified atom stereocenters. The molecule has 1 saturated heterocycles. The Kier molecular flexibility index (Phi) is 6.70. The molecule has 1 aliphatic rings. The average Bonchev–Trinajstić information content (AvgIpc) is 3.08. The molecule has 3 aromatic rings. The number of carbonyl (C=O) groups excluding carboxylic acids is 1. The SMILES string of the molecule is CCOc1ccc2ccccc2c1/C=C1/SC(=Nc2ccccc2)N(CCOC)C1=O. The van der Waals surface area contributed by atoms with Crippen molar-refractivity contribution in [3.8, 4) is 5.75 Å². The highest BCUT2D eigenvalue weighted by atomic mass is 32.2. The van der Waals surface area contributed by atoms with Gasteiger partial charge in [-0.05, 0) is 53.7 Å². The topological polar surface area (TPSA) is 51.1 Å². The Morgan fingerprint density at radius 1 is 1.03 bits per heavy atom. The van der Waals surface area contributed by atoms with Crippen molar-refractivity contribution in [2.45, 2.75) is 6.92 Å². The summed E-state index contributed by atoms with van der Waals surface area (Å²) in [5, 5.41) is 2.80. The van der Waals surface area contributed by atoms with Crippen LogP contribution in [0.15, 0.2) is 76.6 Å². The maximum absolute atomic E-state index is 13.3. The molecular weight excluding hydrogens is 408 g/mol. The first-order valence-corrected chi connectivity index (χ1v) is 11.0. The monoisotopic (exact) mass is 432 g/mol. The van der Waals surface area contributed by atoms with Crippen molar-refractivity contribution in [1.82, 2.24) is 4.90 Å². The van der Waals surface area contributed by atoms with E-state index in [1.54, 1.807) is 12.0 Å². The molecule has 1 aliphatic heterocycles. The molecule has 6 heteroatoms. The second-order valence-corrected chi connectivity index (χ2v) is 7.93. The van der Waals surface area contributed by atoms with Gasteiger partial charge in [-0.25, -0.2) is 4.99 Å². The molecule has 0 bridgehead atoms. The van der Waals surface area contributed by atoms with E-state index in [-0.39, 0.29) is 5.91 Å². The summed E-state index contributed by atoms with van der Waals surface area (Å²) in [6, 6.07) is 21.8. The Morgan fingerprint density at radius 3 is 2.58 bits per heavy atom. The second kappa shape index (κ2) is 9.81. The molecule has 1 heterocycles. The number of ether oxygens (including phenoxy) is 2. The minimum atomic E-state index is -0.0767. The van der Waals surface area contributed by atoms with Gasteiger partial charge in [-0.3, -0.25) is 9.69 Å². The minimum Gasteiger partial charge on any atom is -0.493 e. The van der Waals surface area contributed by atoms with Crippen LogP contribution in [0.3, 0.4) is 0 Å². The van der Waals surface area contributed by atoms with Crippen LogP contribution in [-0.4, -0.2) is 42.8 Å². The van der Waals surface area contributed by atoms with E-state index in [4.69, 9.17) is 14.5 Å². The van der Waals surface area contributed by atoms with Gasteiger partial charge in [0.1, 0.15) is 5.75 Å². The molecule has 0 aliphatic carbocycles. The molecule has 0 saturated carbocycles. The first-order valence-electron chi connectivity index (χ1n) is 10.2. The van der Waals surface area contributed by atoms with E-state index < -0.39 is 0 Å². The Morgan fingerprint density at radius 2 is 1.81 bits per heavy atom. The van der Waals surface area contributed by atoms with Crippen LogP contribution in [0.5, 0.6) is 5.75 Å². The van der Waals surface area contributed by atoms with Crippen molar-refractivity contribution in [2.75, 3.05) is 26.9 Å². The number of amidine groups is 1. The fourth-order valence-corrected chi connectivity index (χ4v) is 4.43. The van der Waals surface area contributed by atoms with E-state index in [1.165, 1.54) is 11.8 Å². The van der Waals surface area contributed by atoms with Crippen LogP contribution in [0.1, 0.15) is 12.5 Å². The van der Waals surface area contributed by atoms with Crippen LogP contribution in [-0.2, 0) is 9.53 Å². The van der Waals surface area contributed by atoms with Gasteiger partial charge in [0.25, 0.3) is 5.91 Å². The number of amides is 1. The van der Waals surface area contributed by atoms with Gasteiger partial charge in [0.15, 0.2) is 5.17 Å². The molecule has 3 aromatic carbocycles. The zero-order valence-electron chi connectivity index (χ0n) is 17.6. The second-order valence-electron chi connectivity index (χ2n) is 6.92. The summed E-state index contributed by atoms with van der Waals surface area (Å²) in [5.74, 6) is 0.686. The van der Waals surface area contributed by atoms with Crippen molar-refractivity contribution in [2.24, 2.45) is 4.99 Å². The summed E-state index contributed by atoms with van der Waals surface area (Å²) in [6.45, 7) is 3.39. The number of para-hydroxylation sites is 1. The van der Waals surface area contributed by atoms with Gasteiger partial charge < -0.3 is 9.47 Å². The van der Waals surface area contributed by atoms with E-state index in [0.717, 1.165) is 27.8 Å². The number of hydrogen-bond acceptors (Lipinski definition) is 5. The highest BCUT2D eigenvalue weighted by molar-refractivity contribution is 8.18. The predicted octanol–water partition coefficient (Wildman–Crippen LogP) is 5.49. The Hall–Kier alpha value is -3.09. The van der Waals surface area contributed by atoms with Gasteiger partial charge in [-0.2, -0.15) is 0 Å². The zero-order valence-corrected chi connectivity index (χ0v) is 18.4. The van der Waals surface area contributed by atoms with E-state index in [0.29, 0.717) is 29.8 Å². The standard InChI is InChI=1S/C25H24N2O3S/c1-3-30-22-14-13-18-9-7-8-12-20(18)21(22)17-23-24(28)27(15-16-29-2)25(31-23)26-19-10-5-4-6-11-19/h4-14,17H,3,15-16H2,1-2H3/b23-17+,26-25?. The molecule has 1 amide bonds. The number of fused-ring (bicyclic) bond motifs is 1. The van der Waals surface area contributed by atoms with Gasteiger partial charge in [0.2, 0.25) is 0 Å². The van der Waals surface area contributed by atoms with Crippen LogP contribution in [0, 0.1) is 0 Å². The van der Waals surface area contributed by atoms with Crippen LogP contribution >= 0.6 is 11.8 Å². The minimum absolute atomic E-state index is 0.0767. The number of methoxy groups -OCH3 is 1. The molecule has 0 N–H and O–H groups in total. The number of carbonyl (C=O) groups is 1. The highest BCUT2D eigenvalue weighted by Crippen LogP contribution is 2.37. The smallest absolute Gasteiger partial charge is 0.266 e. The molecule has 31 heavy (non-hydrogen) atoms. The molecule has 0 radical (unpaired) electrons. The van der Waals surface area contributed by atoms with Crippen molar-refractivity contribution in [3.05, 3.63) is 77.2 Å². The maximum Gasteiger partial charge on any atom is 0.266 e. The summed E-state index contributed by atoms with van der Waals surface area (Å²) < 4.78 is 11.1. The number of thioether (sulfide) groups is 1. The summed E-state index contributed by atoms with van der Waals surface area (Å²) in [5.41, 5.74) is 1.71. The molecule has 5 nitrogen and oxygen atoms in total. The fraction of sp³-hybridized carbons (Fsp3) is 0.200. The maximum atomic E-state index is 13.3. The lowest BCUT2D eigenvalue weighted by molar-refractivity contribution is -0.122. The lowest BCUT2D eigenvalue weighted by atomic mass is 10.0. The summed E-state index contributed by atoms with van der Waals surface area (Å²) in [4.78, 5) is 20.3. The van der Waals surface area contributed by atoms with Gasteiger partial charge in [0, 0.05) is 12.7 Å². The van der Waals surface area contributed by atoms with Crippen molar-refractivity contribution in [1.29, 1.82) is 0 Å². The molecular formula is C25H24N2O3S. The summed E-state index contributed by atoms with van der Waals surface area (Å²) in [7, 11) is 1.63. The first kappa shape index (κ1) is 21.2. The van der Waals surface area contributed by atoms with Crippen molar-refractivity contribution in [3.63, 3.8) is 0 Å². The van der Waals surface area contributed by atoms with Gasteiger partial charge >= 0.3 is 0 Å². The van der Waals surface area contributed by atoms with Gasteiger partial charge in [-0.1, -0.05) is 48.5 Å². The molecule has 1 fully saturated rings. The number of hydrogen-bond donors (Lipinski definition) is 0. The fourth-order valence-electron chi connectivity index (χ4n) is 3.42. The Labute approximate surface area is 186 Å². The lowest BCUT2D eigenvalue weighted by Crippen LogP contribution is -2.32. The van der Waals surface area contributed by atoms with Crippen LogP contribution in [0.2, 0.25) is 0 Å². The lowest BCUT2D eigenvalue weighted by Gasteiger charge is -2.14. The summed E-state index contributed by atoms with van der Waals surface area (Å²) >= 11 is 1.38. The number of aliphatic imine (C=N–C) groups is 1. The van der Waals surface area contributed by atoms with Gasteiger partial charge in [-0.15, -0.1) is 0 Å². The molecule has 0 atom stereocenters. The average molecular weight is 433 g/mol. The third kappa shape index (κ3) is 4.65. The number of nitrogens with zero attached hydrogens (tertiary/aromatic N) is 2. The van der Waals surface area contributed by atoms with Crippen LogP contribution in [0.4, 0.5) is 5.69 Å². The predicted molar refractivity (Wildman–Crippen MR) is 128 cm³/mol. The van der Waals surface area contributed by atoms with E-state index >= 15 is 0 Å². The van der Waals surface area contributed by atoms with Gasteiger partial charge in [0.05, 0.1) is 30.4 Å². The van der Waals surface area contributed by atoms with E-state index in [2.05, 4.69) is 12.1 Å². The number of rotatable bonds is 7. The largest absolute Gasteiger partial charge is 0.493 e. The van der Waals surface area contributed by atoms with Crippen LogP contribution < -0.4 is 4.74 Å². The highest BCUT2D eigenvalue weighted by Gasteiger charge is 2.33. The third-order valence-corrected chi connectivity index (χ3v) is 5.90. The Balaban J connectivity index is 1.78. The third-order valence-electron chi connectivity index (χ3n) is 4.89. The zero-order chi connectivity index (χ0) is 21.6. The van der Waals surface area contributed by atoms with E-state index in [1.807, 2.05) is 67.6 Å².